The van der Waals surface area contributed by atoms with Crippen LogP contribution in [-0.2, 0) is 19.2 Å². The van der Waals surface area contributed by atoms with Crippen LogP contribution in [0.1, 0.15) is 53.4 Å². The Balaban J connectivity index is 5.58. The predicted octanol–water partition coefficient (Wildman–Crippen LogP) is -2.01. The number of aliphatic imine (C=N–C) groups is 1. The summed E-state index contributed by atoms with van der Waals surface area (Å²) in [5, 5.41) is 26.2. The zero-order chi connectivity index (χ0) is 26.4. The molecule has 0 bridgehead atoms. The SMILES string of the molecule is CCC(C)C(NC(=O)C(CC(C)C)NC(=O)C(CCCN=C(N)N)NC(=O)C(N)CO)C(=O)O. The van der Waals surface area contributed by atoms with Crippen LogP contribution in [0.25, 0.3) is 0 Å². The van der Waals surface area contributed by atoms with Gasteiger partial charge in [-0.25, -0.2) is 4.79 Å². The summed E-state index contributed by atoms with van der Waals surface area (Å²) in [6.45, 7) is 6.82. The van der Waals surface area contributed by atoms with Crippen LogP contribution in [0.2, 0.25) is 0 Å². The molecule has 0 aromatic rings. The average molecular weight is 488 g/mol. The topological polar surface area (TPSA) is 235 Å². The first-order valence-corrected chi connectivity index (χ1v) is 11.4. The molecule has 196 valence electrons. The summed E-state index contributed by atoms with van der Waals surface area (Å²) in [5.74, 6) is -3.63. The van der Waals surface area contributed by atoms with Crippen molar-refractivity contribution in [2.45, 2.75) is 77.5 Å². The Labute approximate surface area is 200 Å². The van der Waals surface area contributed by atoms with Crippen molar-refractivity contribution in [2.75, 3.05) is 13.2 Å². The number of hydrogen-bond donors (Lipinski definition) is 8. The number of guanidine groups is 1. The maximum atomic E-state index is 13.0. The van der Waals surface area contributed by atoms with E-state index in [9.17, 15) is 24.3 Å². The number of hydrogen-bond acceptors (Lipinski definition) is 7. The summed E-state index contributed by atoms with van der Waals surface area (Å²) in [6, 6.07) is -4.44. The second-order valence-electron chi connectivity index (χ2n) is 8.70. The Bertz CT molecular complexity index is 712. The van der Waals surface area contributed by atoms with Crippen molar-refractivity contribution in [3.05, 3.63) is 0 Å². The normalized spacial score (nSPS) is 15.4. The number of aliphatic hydroxyl groups is 1. The standard InChI is InChI=1S/C21H41N7O6/c1-5-12(4)16(20(33)34)28-19(32)15(9-11(2)3)27-18(31)14(7-6-8-25-21(23)24)26-17(30)13(22)10-29/h11-16,29H,5-10,22H2,1-4H3,(H,26,30)(H,27,31)(H,28,32)(H,33,34)(H4,23,24,25). The minimum Gasteiger partial charge on any atom is -0.480 e. The molecule has 13 nitrogen and oxygen atoms in total. The highest BCUT2D eigenvalue weighted by Crippen LogP contribution is 2.11. The number of nitrogens with zero attached hydrogens (tertiary/aromatic N) is 1. The van der Waals surface area contributed by atoms with Gasteiger partial charge in [0.15, 0.2) is 5.96 Å². The highest BCUT2D eigenvalue weighted by molar-refractivity contribution is 5.94. The molecule has 0 spiro atoms. The van der Waals surface area contributed by atoms with Crippen molar-refractivity contribution >= 4 is 29.7 Å². The molecule has 0 heterocycles. The lowest BCUT2D eigenvalue weighted by molar-refractivity contribution is -0.144. The van der Waals surface area contributed by atoms with Crippen LogP contribution in [0.5, 0.6) is 0 Å². The van der Waals surface area contributed by atoms with Crippen molar-refractivity contribution in [3.63, 3.8) is 0 Å². The van der Waals surface area contributed by atoms with Gasteiger partial charge in [0.2, 0.25) is 17.7 Å². The van der Waals surface area contributed by atoms with Crippen LogP contribution in [0.3, 0.4) is 0 Å². The second-order valence-corrected chi connectivity index (χ2v) is 8.70. The molecule has 0 fully saturated rings. The highest BCUT2D eigenvalue weighted by Gasteiger charge is 2.32. The van der Waals surface area contributed by atoms with Gasteiger partial charge >= 0.3 is 5.97 Å². The summed E-state index contributed by atoms with van der Waals surface area (Å²) < 4.78 is 0. The molecule has 0 aliphatic heterocycles. The molecule has 0 aromatic carbocycles. The van der Waals surface area contributed by atoms with Gasteiger partial charge in [0.1, 0.15) is 24.2 Å². The monoisotopic (exact) mass is 487 g/mol. The van der Waals surface area contributed by atoms with E-state index in [1.165, 1.54) is 0 Å². The Morgan fingerprint density at radius 3 is 1.97 bits per heavy atom. The average Bonchev–Trinajstić information content (AvgIpc) is 2.76. The fraction of sp³-hybridized carbons (Fsp3) is 0.762. The molecule has 0 aromatic heterocycles. The molecular weight excluding hydrogens is 446 g/mol. The Kier molecular flexibility index (Phi) is 14.5. The minimum atomic E-state index is -1.23. The third-order valence-electron chi connectivity index (χ3n) is 5.23. The molecule has 0 saturated carbocycles. The molecule has 3 amide bonds. The highest BCUT2D eigenvalue weighted by atomic mass is 16.4. The molecule has 0 rings (SSSR count). The molecule has 0 radical (unpaired) electrons. The number of carboxylic acids is 1. The Morgan fingerprint density at radius 1 is 0.941 bits per heavy atom. The number of amides is 3. The quantitative estimate of drug-likeness (QED) is 0.0681. The number of carbonyl (C=O) groups excluding carboxylic acids is 3. The van der Waals surface area contributed by atoms with Gasteiger partial charge in [0.25, 0.3) is 0 Å². The van der Waals surface area contributed by atoms with Gasteiger partial charge in [0, 0.05) is 6.54 Å². The number of nitrogens with one attached hydrogen (secondary N) is 3. The van der Waals surface area contributed by atoms with Crippen LogP contribution in [0, 0.1) is 11.8 Å². The third-order valence-corrected chi connectivity index (χ3v) is 5.23. The summed E-state index contributed by atoms with van der Waals surface area (Å²) in [7, 11) is 0. The number of carbonyl (C=O) groups is 4. The van der Waals surface area contributed by atoms with Gasteiger partial charge in [-0.15, -0.1) is 0 Å². The van der Waals surface area contributed by atoms with Crippen LogP contribution < -0.4 is 33.2 Å². The lowest BCUT2D eigenvalue weighted by atomic mass is 9.97. The molecule has 0 saturated heterocycles. The van der Waals surface area contributed by atoms with Gasteiger partial charge in [-0.2, -0.15) is 0 Å². The van der Waals surface area contributed by atoms with Gasteiger partial charge in [-0.05, 0) is 31.1 Å². The summed E-state index contributed by atoms with van der Waals surface area (Å²) in [4.78, 5) is 53.5. The van der Waals surface area contributed by atoms with Crippen molar-refractivity contribution in [2.24, 2.45) is 34.0 Å². The summed E-state index contributed by atoms with van der Waals surface area (Å²) in [5.41, 5.74) is 16.1. The number of rotatable bonds is 16. The molecule has 11 N–H and O–H groups in total. The van der Waals surface area contributed by atoms with Crippen LogP contribution >= 0.6 is 0 Å². The minimum absolute atomic E-state index is 0.000598. The number of carboxylic acid groups (broad SMARTS) is 1. The van der Waals surface area contributed by atoms with E-state index in [0.717, 1.165) is 0 Å². The van der Waals surface area contributed by atoms with E-state index in [0.29, 0.717) is 12.8 Å². The van der Waals surface area contributed by atoms with Crippen molar-refractivity contribution < 1.29 is 29.4 Å². The first-order valence-electron chi connectivity index (χ1n) is 11.4. The smallest absolute Gasteiger partial charge is 0.326 e. The van der Waals surface area contributed by atoms with Crippen LogP contribution in [0.4, 0.5) is 0 Å². The number of aliphatic hydroxyl groups excluding tert-OH is 1. The number of nitrogens with two attached hydrogens (primary N) is 3. The molecule has 34 heavy (non-hydrogen) atoms. The largest absolute Gasteiger partial charge is 0.480 e. The van der Waals surface area contributed by atoms with Crippen LogP contribution in [0.15, 0.2) is 4.99 Å². The van der Waals surface area contributed by atoms with E-state index in [2.05, 4.69) is 20.9 Å². The van der Waals surface area contributed by atoms with Gasteiger partial charge in [0.05, 0.1) is 6.61 Å². The van der Waals surface area contributed by atoms with E-state index in [4.69, 9.17) is 22.3 Å². The molecule has 5 unspecified atom stereocenters. The molecule has 13 heteroatoms. The van der Waals surface area contributed by atoms with E-state index < -0.39 is 54.5 Å². The van der Waals surface area contributed by atoms with Gasteiger partial charge < -0.3 is 43.4 Å². The summed E-state index contributed by atoms with van der Waals surface area (Å²) in [6.07, 6.45) is 1.25. The first-order chi connectivity index (χ1) is 15.8. The van der Waals surface area contributed by atoms with E-state index in [-0.39, 0.29) is 37.2 Å². The van der Waals surface area contributed by atoms with Gasteiger partial charge in [-0.3, -0.25) is 19.4 Å². The van der Waals surface area contributed by atoms with E-state index >= 15 is 0 Å². The van der Waals surface area contributed by atoms with Gasteiger partial charge in [-0.1, -0.05) is 34.1 Å². The lowest BCUT2D eigenvalue weighted by Gasteiger charge is -2.27. The molecule has 5 atom stereocenters. The maximum Gasteiger partial charge on any atom is 0.326 e. The Morgan fingerprint density at radius 2 is 1.50 bits per heavy atom. The predicted molar refractivity (Wildman–Crippen MR) is 127 cm³/mol. The van der Waals surface area contributed by atoms with Crippen LogP contribution in [-0.4, -0.2) is 77.2 Å². The first kappa shape index (κ1) is 31.1. The van der Waals surface area contributed by atoms with Crippen molar-refractivity contribution in [1.29, 1.82) is 0 Å². The third kappa shape index (κ3) is 11.8. The fourth-order valence-corrected chi connectivity index (χ4v) is 3.05. The lowest BCUT2D eigenvalue weighted by Crippen LogP contribution is -2.58. The molecule has 0 aliphatic carbocycles. The molecule has 0 aliphatic rings. The maximum absolute atomic E-state index is 13.0. The van der Waals surface area contributed by atoms with Crippen molar-refractivity contribution in [1.82, 2.24) is 16.0 Å². The van der Waals surface area contributed by atoms with Crippen molar-refractivity contribution in [3.8, 4) is 0 Å². The number of aliphatic carboxylic acids is 1. The molecular formula is C21H41N7O6. The van der Waals surface area contributed by atoms with E-state index in [1.54, 1.807) is 6.92 Å². The fourth-order valence-electron chi connectivity index (χ4n) is 3.05. The zero-order valence-electron chi connectivity index (χ0n) is 20.4. The Hall–Kier alpha value is -2.93. The zero-order valence-corrected chi connectivity index (χ0v) is 20.4. The summed E-state index contributed by atoms with van der Waals surface area (Å²) >= 11 is 0. The second kappa shape index (κ2) is 15.8. The van der Waals surface area contributed by atoms with E-state index in [1.807, 2.05) is 20.8 Å².